The standard InChI is InChI=1S/C20H20N2O3/c1-24-18-10-13-7-8-22(12-15(13)11-19(18)25-2)20(23)17-9-14-5-3-4-6-16(14)21-17/h3-6,9-11,21H,7-8,12H2,1-2H3. The third-order valence-electron chi connectivity index (χ3n) is 4.77. The molecule has 1 aromatic heterocycles. The van der Waals surface area contributed by atoms with E-state index < -0.39 is 0 Å². The maximum Gasteiger partial charge on any atom is 0.270 e. The summed E-state index contributed by atoms with van der Waals surface area (Å²) in [7, 11) is 3.26. The van der Waals surface area contributed by atoms with Crippen LogP contribution in [-0.4, -0.2) is 36.6 Å². The van der Waals surface area contributed by atoms with Crippen LogP contribution in [0.4, 0.5) is 0 Å². The van der Waals surface area contributed by atoms with Crippen LogP contribution in [-0.2, 0) is 13.0 Å². The van der Waals surface area contributed by atoms with Crippen molar-refractivity contribution in [2.45, 2.75) is 13.0 Å². The van der Waals surface area contributed by atoms with Crippen LogP contribution in [0.25, 0.3) is 10.9 Å². The monoisotopic (exact) mass is 336 g/mol. The molecule has 25 heavy (non-hydrogen) atoms. The second-order valence-electron chi connectivity index (χ2n) is 6.22. The van der Waals surface area contributed by atoms with Gasteiger partial charge in [0.25, 0.3) is 5.91 Å². The number of ether oxygens (including phenoxy) is 2. The van der Waals surface area contributed by atoms with E-state index in [9.17, 15) is 4.79 Å². The van der Waals surface area contributed by atoms with E-state index in [2.05, 4.69) is 4.98 Å². The number of H-pyrrole nitrogens is 1. The third kappa shape index (κ3) is 2.71. The highest BCUT2D eigenvalue weighted by Crippen LogP contribution is 2.33. The van der Waals surface area contributed by atoms with Crippen molar-refractivity contribution < 1.29 is 14.3 Å². The van der Waals surface area contributed by atoms with Crippen LogP contribution in [0.3, 0.4) is 0 Å². The summed E-state index contributed by atoms with van der Waals surface area (Å²) in [5.74, 6) is 1.45. The van der Waals surface area contributed by atoms with Gasteiger partial charge in [-0.1, -0.05) is 18.2 Å². The van der Waals surface area contributed by atoms with E-state index >= 15 is 0 Å². The van der Waals surface area contributed by atoms with Crippen LogP contribution in [0.5, 0.6) is 11.5 Å². The maximum absolute atomic E-state index is 12.9. The van der Waals surface area contributed by atoms with Crippen molar-refractivity contribution in [3.8, 4) is 11.5 Å². The Bertz CT molecular complexity index is 912. The smallest absolute Gasteiger partial charge is 0.270 e. The molecule has 0 fully saturated rings. The van der Waals surface area contributed by atoms with E-state index in [0.29, 0.717) is 24.5 Å². The number of aromatic nitrogens is 1. The van der Waals surface area contributed by atoms with Gasteiger partial charge < -0.3 is 19.4 Å². The first kappa shape index (κ1) is 15.6. The predicted molar refractivity (Wildman–Crippen MR) is 96.3 cm³/mol. The second kappa shape index (κ2) is 6.16. The van der Waals surface area contributed by atoms with Gasteiger partial charge in [0.2, 0.25) is 0 Å². The first-order valence-electron chi connectivity index (χ1n) is 8.30. The molecule has 2 heterocycles. The molecule has 1 amide bonds. The quantitative estimate of drug-likeness (QED) is 0.798. The zero-order valence-electron chi connectivity index (χ0n) is 14.3. The number of rotatable bonds is 3. The van der Waals surface area contributed by atoms with Crippen molar-refractivity contribution in [2.75, 3.05) is 20.8 Å². The van der Waals surface area contributed by atoms with Gasteiger partial charge in [0.05, 0.1) is 14.2 Å². The Balaban J connectivity index is 1.62. The number of methoxy groups -OCH3 is 2. The highest BCUT2D eigenvalue weighted by atomic mass is 16.5. The van der Waals surface area contributed by atoms with Crippen molar-refractivity contribution in [1.29, 1.82) is 0 Å². The van der Waals surface area contributed by atoms with Crippen LogP contribution < -0.4 is 9.47 Å². The van der Waals surface area contributed by atoms with Gasteiger partial charge in [-0.05, 0) is 41.8 Å². The number of hydrogen-bond acceptors (Lipinski definition) is 3. The minimum absolute atomic E-state index is 0.0247. The zero-order chi connectivity index (χ0) is 17.4. The van der Waals surface area contributed by atoms with Crippen molar-refractivity contribution >= 4 is 16.8 Å². The average Bonchev–Trinajstić information content (AvgIpc) is 3.10. The molecular weight excluding hydrogens is 316 g/mol. The molecule has 5 heteroatoms. The van der Waals surface area contributed by atoms with Crippen LogP contribution in [0.15, 0.2) is 42.5 Å². The van der Waals surface area contributed by atoms with Crippen molar-refractivity contribution in [3.63, 3.8) is 0 Å². The Morgan fingerprint density at radius 1 is 1.04 bits per heavy atom. The lowest BCUT2D eigenvalue weighted by atomic mass is 9.98. The van der Waals surface area contributed by atoms with Crippen LogP contribution in [0.1, 0.15) is 21.6 Å². The first-order valence-corrected chi connectivity index (χ1v) is 8.30. The molecule has 2 aromatic carbocycles. The highest BCUT2D eigenvalue weighted by Gasteiger charge is 2.24. The van der Waals surface area contributed by atoms with E-state index in [-0.39, 0.29) is 5.91 Å². The molecule has 5 nitrogen and oxygen atoms in total. The van der Waals surface area contributed by atoms with Crippen LogP contribution in [0.2, 0.25) is 0 Å². The SMILES string of the molecule is COc1cc2c(cc1OC)CN(C(=O)c1cc3ccccc3[nH]1)CC2. The number of fused-ring (bicyclic) bond motifs is 2. The molecule has 0 radical (unpaired) electrons. The van der Waals surface area contributed by atoms with Crippen molar-refractivity contribution in [1.82, 2.24) is 9.88 Å². The molecular formula is C20H20N2O3. The summed E-state index contributed by atoms with van der Waals surface area (Å²) >= 11 is 0. The molecule has 4 rings (SSSR count). The number of nitrogens with zero attached hydrogens (tertiary/aromatic N) is 1. The molecule has 0 aliphatic carbocycles. The number of benzene rings is 2. The fourth-order valence-corrected chi connectivity index (χ4v) is 3.42. The summed E-state index contributed by atoms with van der Waals surface area (Å²) < 4.78 is 10.8. The Labute approximate surface area is 146 Å². The summed E-state index contributed by atoms with van der Waals surface area (Å²) in [5.41, 5.74) is 3.92. The topological polar surface area (TPSA) is 54.6 Å². The molecule has 0 saturated carbocycles. The molecule has 1 N–H and O–H groups in total. The Morgan fingerprint density at radius 2 is 1.76 bits per heavy atom. The molecule has 3 aromatic rings. The number of amides is 1. The fourth-order valence-electron chi connectivity index (χ4n) is 3.42. The molecule has 0 unspecified atom stereocenters. The molecule has 128 valence electrons. The van der Waals surface area contributed by atoms with Gasteiger partial charge >= 0.3 is 0 Å². The van der Waals surface area contributed by atoms with Crippen LogP contribution >= 0.6 is 0 Å². The number of nitrogens with one attached hydrogen (secondary N) is 1. The van der Waals surface area contributed by atoms with Crippen molar-refractivity contribution in [3.05, 3.63) is 59.3 Å². The predicted octanol–water partition coefficient (Wildman–Crippen LogP) is 3.38. The largest absolute Gasteiger partial charge is 0.493 e. The van der Waals surface area contributed by atoms with E-state index in [4.69, 9.17) is 9.47 Å². The van der Waals surface area contributed by atoms with Gasteiger partial charge in [-0.25, -0.2) is 0 Å². The first-order chi connectivity index (χ1) is 12.2. The van der Waals surface area contributed by atoms with E-state index in [1.807, 2.05) is 47.4 Å². The van der Waals surface area contributed by atoms with Gasteiger partial charge in [-0.3, -0.25) is 4.79 Å². The van der Waals surface area contributed by atoms with Gasteiger partial charge in [0.15, 0.2) is 11.5 Å². The third-order valence-corrected chi connectivity index (χ3v) is 4.77. The molecule has 1 aliphatic heterocycles. The molecule has 0 saturated heterocycles. The van der Waals surface area contributed by atoms with E-state index in [0.717, 1.165) is 28.6 Å². The minimum Gasteiger partial charge on any atom is -0.493 e. The summed E-state index contributed by atoms with van der Waals surface area (Å²) in [5, 5.41) is 1.05. The number of hydrogen-bond donors (Lipinski definition) is 1. The van der Waals surface area contributed by atoms with Gasteiger partial charge in [0.1, 0.15) is 5.69 Å². The summed E-state index contributed by atoms with van der Waals surface area (Å²) in [6, 6.07) is 13.8. The summed E-state index contributed by atoms with van der Waals surface area (Å²) in [6.07, 6.45) is 0.807. The Hall–Kier alpha value is -2.95. The van der Waals surface area contributed by atoms with Crippen LogP contribution in [0, 0.1) is 0 Å². The number of carbonyl (C=O) groups excluding carboxylic acids is 1. The number of para-hydroxylation sites is 1. The second-order valence-corrected chi connectivity index (χ2v) is 6.22. The average molecular weight is 336 g/mol. The lowest BCUT2D eigenvalue weighted by Gasteiger charge is -2.29. The van der Waals surface area contributed by atoms with E-state index in [1.165, 1.54) is 5.56 Å². The Morgan fingerprint density at radius 3 is 2.48 bits per heavy atom. The van der Waals surface area contributed by atoms with E-state index in [1.54, 1.807) is 14.2 Å². The summed E-state index contributed by atoms with van der Waals surface area (Å²) in [4.78, 5) is 18.0. The maximum atomic E-state index is 12.9. The normalized spacial score (nSPS) is 13.6. The molecule has 1 aliphatic rings. The number of carbonyl (C=O) groups is 1. The van der Waals surface area contributed by atoms with Crippen molar-refractivity contribution in [2.24, 2.45) is 0 Å². The fraction of sp³-hybridized carbons (Fsp3) is 0.250. The van der Waals surface area contributed by atoms with Gasteiger partial charge in [-0.15, -0.1) is 0 Å². The zero-order valence-corrected chi connectivity index (χ0v) is 14.3. The van der Waals surface area contributed by atoms with Gasteiger partial charge in [-0.2, -0.15) is 0 Å². The molecule has 0 atom stereocenters. The lowest BCUT2D eigenvalue weighted by Crippen LogP contribution is -2.36. The van der Waals surface area contributed by atoms with Gasteiger partial charge in [0, 0.05) is 24.0 Å². The minimum atomic E-state index is 0.0247. The lowest BCUT2D eigenvalue weighted by molar-refractivity contribution is 0.0729. The number of aromatic amines is 1. The summed E-state index contributed by atoms with van der Waals surface area (Å²) in [6.45, 7) is 1.26. The highest BCUT2D eigenvalue weighted by molar-refractivity contribution is 5.98. The molecule has 0 bridgehead atoms. The molecule has 0 spiro atoms. The Kier molecular flexibility index (Phi) is 3.84.